The van der Waals surface area contributed by atoms with E-state index >= 15 is 0 Å². The normalized spacial score (nSPS) is 26.3. The molecule has 1 aliphatic carbocycles. The van der Waals surface area contributed by atoms with Gasteiger partial charge in [-0.25, -0.2) is 9.97 Å². The molecular weight excluding hydrogens is 314 g/mol. The molecule has 1 fully saturated rings. The number of pyridine rings is 1. The van der Waals surface area contributed by atoms with Crippen LogP contribution in [0.4, 0.5) is 5.69 Å². The number of carbonyl (C=O) groups excluding carboxylic acids is 1. The van der Waals surface area contributed by atoms with Crippen molar-refractivity contribution in [2.24, 2.45) is 5.92 Å². The van der Waals surface area contributed by atoms with Gasteiger partial charge in [-0.15, -0.1) is 0 Å². The lowest BCUT2D eigenvalue weighted by Crippen LogP contribution is -2.25. The van der Waals surface area contributed by atoms with Gasteiger partial charge in [-0.2, -0.15) is 0 Å². The van der Waals surface area contributed by atoms with Gasteiger partial charge in [0, 0.05) is 30.6 Å². The van der Waals surface area contributed by atoms with Gasteiger partial charge in [0.05, 0.1) is 12.0 Å². The number of nitrogens with zero attached hydrogens (tertiary/aromatic N) is 3. The molecule has 122 valence electrons. The lowest BCUT2D eigenvalue weighted by atomic mass is 10.1. The molecule has 2 aromatic heterocycles. The number of rotatable bonds is 2. The Kier molecular flexibility index (Phi) is 3.44. The molecule has 3 atom stereocenters. The van der Waals surface area contributed by atoms with Crippen LogP contribution in [0.1, 0.15) is 37.8 Å². The van der Waals surface area contributed by atoms with Crippen LogP contribution >= 0.6 is 11.6 Å². The average Bonchev–Trinajstić information content (AvgIpc) is 3.22. The summed E-state index contributed by atoms with van der Waals surface area (Å²) in [6.45, 7) is 2.13. The third kappa shape index (κ3) is 2.27. The Balaban J connectivity index is 1.72. The Morgan fingerprint density at radius 3 is 3.09 bits per heavy atom. The zero-order valence-corrected chi connectivity index (χ0v) is 14.0. The fourth-order valence-electron chi connectivity index (χ4n) is 3.91. The maximum Gasteiger partial charge on any atom is 0.222 e. The van der Waals surface area contributed by atoms with Crippen LogP contribution in [0.2, 0.25) is 5.15 Å². The van der Waals surface area contributed by atoms with Crippen LogP contribution in [-0.2, 0) is 11.2 Å². The van der Waals surface area contributed by atoms with Gasteiger partial charge in [0.15, 0.2) is 5.65 Å². The summed E-state index contributed by atoms with van der Waals surface area (Å²) in [5.74, 6) is 0.199. The predicted molar refractivity (Wildman–Crippen MR) is 89.8 cm³/mol. The summed E-state index contributed by atoms with van der Waals surface area (Å²) in [6.07, 6.45) is 5.41. The van der Waals surface area contributed by atoms with E-state index in [2.05, 4.69) is 32.1 Å². The van der Waals surface area contributed by atoms with Crippen molar-refractivity contribution in [2.45, 2.75) is 44.7 Å². The summed E-state index contributed by atoms with van der Waals surface area (Å²) < 4.78 is 2.09. The summed E-state index contributed by atoms with van der Waals surface area (Å²) >= 11 is 6.39. The quantitative estimate of drug-likeness (QED) is 0.828. The highest BCUT2D eigenvalue weighted by atomic mass is 35.5. The van der Waals surface area contributed by atoms with E-state index in [1.54, 1.807) is 7.05 Å². The SMILES string of the molecule is CNC(=O)C1CC[C@H](n2cnc3c4c(c(Cl)nc32)CC(C)N4)C1. The summed E-state index contributed by atoms with van der Waals surface area (Å²) in [7, 11) is 1.69. The van der Waals surface area contributed by atoms with E-state index in [-0.39, 0.29) is 17.9 Å². The highest BCUT2D eigenvalue weighted by molar-refractivity contribution is 6.31. The molecule has 0 spiro atoms. The average molecular weight is 334 g/mol. The van der Waals surface area contributed by atoms with Crippen molar-refractivity contribution in [1.82, 2.24) is 19.9 Å². The van der Waals surface area contributed by atoms with E-state index in [1.807, 2.05) is 6.33 Å². The van der Waals surface area contributed by atoms with Gasteiger partial charge in [-0.3, -0.25) is 4.79 Å². The first-order valence-electron chi connectivity index (χ1n) is 8.11. The molecule has 0 bridgehead atoms. The van der Waals surface area contributed by atoms with E-state index in [4.69, 9.17) is 11.6 Å². The number of halogens is 1. The van der Waals surface area contributed by atoms with E-state index in [0.29, 0.717) is 11.2 Å². The van der Waals surface area contributed by atoms with Crippen molar-refractivity contribution in [2.75, 3.05) is 12.4 Å². The molecule has 3 heterocycles. The number of carbonyl (C=O) groups is 1. The Hall–Kier alpha value is -1.82. The molecule has 0 radical (unpaired) electrons. The molecule has 2 aromatic rings. The Bertz CT molecular complexity index is 786. The molecule has 4 rings (SSSR count). The van der Waals surface area contributed by atoms with Crippen molar-refractivity contribution < 1.29 is 4.79 Å². The smallest absolute Gasteiger partial charge is 0.222 e. The molecule has 1 aliphatic heterocycles. The Labute approximate surface area is 139 Å². The maximum atomic E-state index is 11.9. The first kappa shape index (κ1) is 14.8. The van der Waals surface area contributed by atoms with Crippen LogP contribution in [0.25, 0.3) is 11.2 Å². The third-order valence-corrected chi connectivity index (χ3v) is 5.39. The lowest BCUT2D eigenvalue weighted by molar-refractivity contribution is -0.124. The summed E-state index contributed by atoms with van der Waals surface area (Å²) in [5.41, 5.74) is 3.79. The second kappa shape index (κ2) is 5.37. The molecule has 0 aromatic carbocycles. The molecule has 1 amide bonds. The number of hydrogen-bond donors (Lipinski definition) is 2. The molecule has 6 nitrogen and oxygen atoms in total. The molecule has 2 N–H and O–H groups in total. The van der Waals surface area contributed by atoms with Crippen LogP contribution in [-0.4, -0.2) is 33.5 Å². The summed E-state index contributed by atoms with van der Waals surface area (Å²) in [4.78, 5) is 21.0. The van der Waals surface area contributed by atoms with Crippen LogP contribution in [0.15, 0.2) is 6.33 Å². The second-order valence-corrected chi connectivity index (χ2v) is 6.97. The number of hydrogen-bond acceptors (Lipinski definition) is 4. The third-order valence-electron chi connectivity index (χ3n) is 5.08. The zero-order valence-electron chi connectivity index (χ0n) is 13.3. The molecule has 0 saturated heterocycles. The highest BCUT2D eigenvalue weighted by Crippen LogP contribution is 2.40. The van der Waals surface area contributed by atoms with Crippen molar-refractivity contribution >= 4 is 34.4 Å². The van der Waals surface area contributed by atoms with Crippen molar-refractivity contribution in [3.63, 3.8) is 0 Å². The van der Waals surface area contributed by atoms with Crippen LogP contribution in [0.3, 0.4) is 0 Å². The van der Waals surface area contributed by atoms with Crippen molar-refractivity contribution in [3.8, 4) is 0 Å². The lowest BCUT2D eigenvalue weighted by Gasteiger charge is -2.13. The van der Waals surface area contributed by atoms with E-state index in [1.165, 1.54) is 0 Å². The van der Waals surface area contributed by atoms with Crippen LogP contribution in [0, 0.1) is 5.92 Å². The Morgan fingerprint density at radius 1 is 1.48 bits per heavy atom. The van der Waals surface area contributed by atoms with Crippen LogP contribution < -0.4 is 10.6 Å². The second-order valence-electron chi connectivity index (χ2n) is 6.61. The molecule has 7 heteroatoms. The number of nitrogens with one attached hydrogen (secondary N) is 2. The van der Waals surface area contributed by atoms with Gasteiger partial charge in [-0.1, -0.05) is 11.6 Å². The number of imidazole rings is 1. The maximum absolute atomic E-state index is 11.9. The van der Waals surface area contributed by atoms with E-state index < -0.39 is 0 Å². The van der Waals surface area contributed by atoms with E-state index in [9.17, 15) is 4.79 Å². The fourth-order valence-corrected chi connectivity index (χ4v) is 4.17. The van der Waals surface area contributed by atoms with Gasteiger partial charge >= 0.3 is 0 Å². The standard InChI is InChI=1S/C16H20ClN5O/c1-8-5-11-12(20-8)13-15(21-14(11)17)22(7-19-13)10-4-3-9(6-10)16(23)18-2/h7-10,20H,3-6H2,1-2H3,(H,18,23)/t8?,9?,10-/m0/s1. The minimum atomic E-state index is 0.0745. The van der Waals surface area contributed by atoms with Crippen molar-refractivity contribution in [1.29, 1.82) is 0 Å². The monoisotopic (exact) mass is 333 g/mol. The zero-order chi connectivity index (χ0) is 16.1. The highest BCUT2D eigenvalue weighted by Gasteiger charge is 2.32. The largest absolute Gasteiger partial charge is 0.380 e. The molecule has 23 heavy (non-hydrogen) atoms. The van der Waals surface area contributed by atoms with Gasteiger partial charge in [0.1, 0.15) is 10.7 Å². The van der Waals surface area contributed by atoms with Crippen LogP contribution in [0.5, 0.6) is 0 Å². The van der Waals surface area contributed by atoms with Gasteiger partial charge in [0.2, 0.25) is 5.91 Å². The van der Waals surface area contributed by atoms with Gasteiger partial charge in [0.25, 0.3) is 0 Å². The fraction of sp³-hybridized carbons (Fsp3) is 0.562. The molecule has 2 aliphatic rings. The first-order chi connectivity index (χ1) is 11.1. The minimum Gasteiger partial charge on any atom is -0.380 e. The summed E-state index contributed by atoms with van der Waals surface area (Å²) in [5, 5.41) is 6.77. The number of amides is 1. The summed E-state index contributed by atoms with van der Waals surface area (Å²) in [6, 6.07) is 0.604. The Morgan fingerprint density at radius 2 is 2.30 bits per heavy atom. The topological polar surface area (TPSA) is 71.8 Å². The molecular formula is C16H20ClN5O. The number of anilines is 1. The minimum absolute atomic E-state index is 0.0745. The molecule has 2 unspecified atom stereocenters. The number of fused-ring (bicyclic) bond motifs is 3. The predicted octanol–water partition coefficient (Wildman–Crippen LogP) is 2.53. The first-order valence-corrected chi connectivity index (χ1v) is 8.49. The molecule has 1 saturated carbocycles. The van der Waals surface area contributed by atoms with Gasteiger partial charge in [-0.05, 0) is 32.6 Å². The number of aromatic nitrogens is 3. The van der Waals surface area contributed by atoms with E-state index in [0.717, 1.165) is 48.1 Å². The van der Waals surface area contributed by atoms with Gasteiger partial charge < -0.3 is 15.2 Å². The van der Waals surface area contributed by atoms with Crippen molar-refractivity contribution in [3.05, 3.63) is 17.0 Å².